The van der Waals surface area contributed by atoms with Crippen LogP contribution in [-0.4, -0.2) is 34.0 Å². The fraction of sp³-hybridized carbons (Fsp3) is 0.318. The summed E-state index contributed by atoms with van der Waals surface area (Å²) in [6.07, 6.45) is 1.77. The molecule has 1 aromatic heterocycles. The second-order valence-electron chi connectivity index (χ2n) is 7.41. The van der Waals surface area contributed by atoms with Gasteiger partial charge in [0.15, 0.2) is 0 Å². The standard InChI is InChI=1S/C22H22ClFN4O2/c23-19-6-2-1-5-18(19)21-26-20(30-27-21)12-25-22(29)16-4-3-11-28(14-16)13-15-7-9-17(24)10-8-15/h1-2,5-10,16H,3-4,11-14H2,(H,25,29)/t16-/m1/s1. The van der Waals surface area contributed by atoms with Gasteiger partial charge in [-0.2, -0.15) is 4.98 Å². The van der Waals surface area contributed by atoms with Gasteiger partial charge in [0, 0.05) is 18.7 Å². The van der Waals surface area contributed by atoms with E-state index in [1.807, 2.05) is 18.2 Å². The second-order valence-corrected chi connectivity index (χ2v) is 7.82. The van der Waals surface area contributed by atoms with E-state index in [4.69, 9.17) is 16.1 Å². The molecule has 8 heteroatoms. The molecule has 3 aromatic rings. The summed E-state index contributed by atoms with van der Waals surface area (Å²) in [6.45, 7) is 2.46. The molecule has 0 spiro atoms. The van der Waals surface area contributed by atoms with Crippen molar-refractivity contribution in [2.75, 3.05) is 13.1 Å². The van der Waals surface area contributed by atoms with Crippen molar-refractivity contribution in [3.05, 3.63) is 70.8 Å². The van der Waals surface area contributed by atoms with Crippen molar-refractivity contribution in [3.63, 3.8) is 0 Å². The van der Waals surface area contributed by atoms with Gasteiger partial charge in [0.1, 0.15) is 5.82 Å². The molecular weight excluding hydrogens is 407 g/mol. The normalized spacial score (nSPS) is 17.1. The molecule has 2 aromatic carbocycles. The summed E-state index contributed by atoms with van der Waals surface area (Å²) in [5, 5.41) is 7.38. The van der Waals surface area contributed by atoms with Crippen LogP contribution in [0.25, 0.3) is 11.4 Å². The molecule has 0 aliphatic carbocycles. The lowest BCUT2D eigenvalue weighted by Gasteiger charge is -2.31. The molecular formula is C22H22ClFN4O2. The smallest absolute Gasteiger partial charge is 0.246 e. The number of aromatic nitrogens is 2. The number of nitrogens with one attached hydrogen (secondary N) is 1. The summed E-state index contributed by atoms with van der Waals surface area (Å²) in [7, 11) is 0. The number of halogens is 2. The number of carbonyl (C=O) groups excluding carboxylic acids is 1. The minimum absolute atomic E-state index is 0.0312. The lowest BCUT2D eigenvalue weighted by atomic mass is 9.96. The molecule has 1 atom stereocenters. The highest BCUT2D eigenvalue weighted by Gasteiger charge is 2.26. The van der Waals surface area contributed by atoms with Crippen molar-refractivity contribution in [1.29, 1.82) is 0 Å². The van der Waals surface area contributed by atoms with E-state index in [9.17, 15) is 9.18 Å². The number of nitrogens with zero attached hydrogens (tertiary/aromatic N) is 3. The van der Waals surface area contributed by atoms with Crippen LogP contribution in [0.15, 0.2) is 53.1 Å². The maximum atomic E-state index is 13.1. The Labute approximate surface area is 179 Å². The first-order valence-electron chi connectivity index (χ1n) is 9.90. The van der Waals surface area contributed by atoms with Gasteiger partial charge < -0.3 is 9.84 Å². The number of rotatable bonds is 6. The van der Waals surface area contributed by atoms with Gasteiger partial charge in [-0.1, -0.05) is 41.0 Å². The Morgan fingerprint density at radius 1 is 1.23 bits per heavy atom. The van der Waals surface area contributed by atoms with Crippen LogP contribution >= 0.6 is 11.6 Å². The Morgan fingerprint density at radius 2 is 2.03 bits per heavy atom. The topological polar surface area (TPSA) is 71.3 Å². The second kappa shape index (κ2) is 9.36. The Balaban J connectivity index is 1.30. The largest absolute Gasteiger partial charge is 0.347 e. The molecule has 2 heterocycles. The summed E-state index contributed by atoms with van der Waals surface area (Å²) in [5.74, 6) is 0.347. The van der Waals surface area contributed by atoms with Crippen LogP contribution in [0.2, 0.25) is 5.02 Å². The Bertz CT molecular complexity index is 1010. The lowest BCUT2D eigenvalue weighted by Crippen LogP contribution is -2.42. The fourth-order valence-corrected chi connectivity index (χ4v) is 3.87. The average Bonchev–Trinajstić information content (AvgIpc) is 3.23. The molecule has 1 saturated heterocycles. The number of carbonyl (C=O) groups is 1. The van der Waals surface area contributed by atoms with Crippen molar-refractivity contribution >= 4 is 17.5 Å². The molecule has 156 valence electrons. The molecule has 4 rings (SSSR count). The molecule has 1 aliphatic heterocycles. The van der Waals surface area contributed by atoms with Gasteiger partial charge >= 0.3 is 0 Å². The first-order valence-corrected chi connectivity index (χ1v) is 10.3. The zero-order chi connectivity index (χ0) is 20.9. The number of hydrogen-bond donors (Lipinski definition) is 1. The first kappa shape index (κ1) is 20.5. The maximum Gasteiger partial charge on any atom is 0.246 e. The van der Waals surface area contributed by atoms with Gasteiger partial charge in [0.05, 0.1) is 17.5 Å². The first-order chi connectivity index (χ1) is 14.6. The lowest BCUT2D eigenvalue weighted by molar-refractivity contribution is -0.127. The Kier molecular flexibility index (Phi) is 6.40. The van der Waals surface area contributed by atoms with Crippen LogP contribution in [0.1, 0.15) is 24.3 Å². The van der Waals surface area contributed by atoms with Crippen molar-refractivity contribution in [3.8, 4) is 11.4 Å². The van der Waals surface area contributed by atoms with Crippen LogP contribution in [0.4, 0.5) is 4.39 Å². The molecule has 0 radical (unpaired) electrons. The molecule has 1 fully saturated rings. The van der Waals surface area contributed by atoms with Crippen LogP contribution in [0, 0.1) is 11.7 Å². The predicted molar refractivity (Wildman–Crippen MR) is 111 cm³/mol. The minimum atomic E-state index is -0.242. The van der Waals surface area contributed by atoms with Crippen molar-refractivity contribution in [2.24, 2.45) is 5.92 Å². The third kappa shape index (κ3) is 5.04. The van der Waals surface area contributed by atoms with E-state index in [-0.39, 0.29) is 24.2 Å². The summed E-state index contributed by atoms with van der Waals surface area (Å²) >= 11 is 6.16. The van der Waals surface area contributed by atoms with Gasteiger partial charge in [0.25, 0.3) is 0 Å². The maximum absolute atomic E-state index is 13.1. The highest BCUT2D eigenvalue weighted by molar-refractivity contribution is 6.33. The summed E-state index contributed by atoms with van der Waals surface area (Å²) < 4.78 is 18.3. The van der Waals surface area contributed by atoms with Gasteiger partial charge in [-0.25, -0.2) is 4.39 Å². The SMILES string of the molecule is O=C(NCc1nc(-c2ccccc2Cl)no1)[C@@H]1CCCN(Cc2ccc(F)cc2)C1. The summed E-state index contributed by atoms with van der Waals surface area (Å²) in [6, 6.07) is 13.7. The van der Waals surface area contributed by atoms with Crippen LogP contribution in [0.5, 0.6) is 0 Å². The predicted octanol–water partition coefficient (Wildman–Crippen LogP) is 4.06. The van der Waals surface area contributed by atoms with E-state index in [1.165, 1.54) is 12.1 Å². The quantitative estimate of drug-likeness (QED) is 0.641. The van der Waals surface area contributed by atoms with Gasteiger partial charge in [-0.05, 0) is 49.2 Å². The molecule has 0 bridgehead atoms. The molecule has 0 unspecified atom stereocenters. The van der Waals surface area contributed by atoms with Gasteiger partial charge in [0.2, 0.25) is 17.6 Å². The van der Waals surface area contributed by atoms with E-state index in [1.54, 1.807) is 18.2 Å². The van der Waals surface area contributed by atoms with E-state index >= 15 is 0 Å². The number of benzene rings is 2. The number of piperidine rings is 1. The van der Waals surface area contributed by atoms with E-state index in [0.717, 1.165) is 24.9 Å². The molecule has 1 amide bonds. The molecule has 6 nitrogen and oxygen atoms in total. The molecule has 1 aliphatic rings. The van der Waals surface area contributed by atoms with Crippen LogP contribution in [0.3, 0.4) is 0 Å². The van der Waals surface area contributed by atoms with Crippen LogP contribution < -0.4 is 5.32 Å². The monoisotopic (exact) mass is 428 g/mol. The molecule has 1 N–H and O–H groups in total. The van der Waals surface area contributed by atoms with E-state index < -0.39 is 0 Å². The average molecular weight is 429 g/mol. The highest BCUT2D eigenvalue weighted by Crippen LogP contribution is 2.25. The van der Waals surface area contributed by atoms with Crippen molar-refractivity contribution in [1.82, 2.24) is 20.4 Å². The highest BCUT2D eigenvalue weighted by atomic mass is 35.5. The number of hydrogen-bond acceptors (Lipinski definition) is 5. The minimum Gasteiger partial charge on any atom is -0.347 e. The van der Waals surface area contributed by atoms with Gasteiger partial charge in [-0.15, -0.1) is 0 Å². The summed E-state index contributed by atoms with van der Waals surface area (Å²) in [4.78, 5) is 19.2. The van der Waals surface area contributed by atoms with Crippen molar-refractivity contribution < 1.29 is 13.7 Å². The van der Waals surface area contributed by atoms with Gasteiger partial charge in [-0.3, -0.25) is 9.69 Å². The molecule has 0 saturated carbocycles. The van der Waals surface area contributed by atoms with Crippen LogP contribution in [-0.2, 0) is 17.9 Å². The summed E-state index contributed by atoms with van der Waals surface area (Å²) in [5.41, 5.74) is 1.72. The zero-order valence-electron chi connectivity index (χ0n) is 16.4. The third-order valence-corrected chi connectivity index (χ3v) is 5.52. The third-order valence-electron chi connectivity index (χ3n) is 5.19. The zero-order valence-corrected chi connectivity index (χ0v) is 17.1. The van der Waals surface area contributed by atoms with Crippen molar-refractivity contribution in [2.45, 2.75) is 25.9 Å². The Hall–Kier alpha value is -2.77. The Morgan fingerprint density at radius 3 is 2.83 bits per heavy atom. The van der Waals surface area contributed by atoms with E-state index in [0.29, 0.717) is 35.4 Å². The molecule has 30 heavy (non-hydrogen) atoms. The fourth-order valence-electron chi connectivity index (χ4n) is 3.65. The van der Waals surface area contributed by atoms with E-state index in [2.05, 4.69) is 20.4 Å². The number of amides is 1. The number of likely N-dealkylation sites (tertiary alicyclic amines) is 1.